The van der Waals surface area contributed by atoms with E-state index in [1.165, 1.54) is 12.4 Å². The summed E-state index contributed by atoms with van der Waals surface area (Å²) in [5, 5.41) is 2.57. The standard InChI is InChI=1S/C16H15N3O3/c20-15(19-7-4-8-19)12-9-13(11-17-10-12)18-16(21)22-14-5-2-1-3-6-14/h1-3,5-6,9-11H,4,7-8H2,(H,18,21). The van der Waals surface area contributed by atoms with Crippen LogP contribution in [0.5, 0.6) is 5.75 Å². The summed E-state index contributed by atoms with van der Waals surface area (Å²) in [6.07, 6.45) is 3.37. The monoisotopic (exact) mass is 297 g/mol. The molecule has 1 fully saturated rings. The fourth-order valence-corrected chi connectivity index (χ4v) is 2.07. The van der Waals surface area contributed by atoms with Crippen molar-refractivity contribution in [2.45, 2.75) is 6.42 Å². The highest BCUT2D eigenvalue weighted by molar-refractivity contribution is 5.96. The van der Waals surface area contributed by atoms with Crippen LogP contribution in [0.15, 0.2) is 48.8 Å². The summed E-state index contributed by atoms with van der Waals surface area (Å²) < 4.78 is 5.13. The van der Waals surface area contributed by atoms with Crippen LogP contribution in [0.25, 0.3) is 0 Å². The van der Waals surface area contributed by atoms with E-state index in [4.69, 9.17) is 4.74 Å². The van der Waals surface area contributed by atoms with Gasteiger partial charge in [0.05, 0.1) is 17.4 Å². The molecule has 112 valence electrons. The third-order valence-electron chi connectivity index (χ3n) is 3.33. The van der Waals surface area contributed by atoms with Crippen molar-refractivity contribution in [3.63, 3.8) is 0 Å². The molecule has 0 bridgehead atoms. The Morgan fingerprint density at radius 2 is 1.91 bits per heavy atom. The molecule has 3 rings (SSSR count). The summed E-state index contributed by atoms with van der Waals surface area (Å²) >= 11 is 0. The Hall–Kier alpha value is -2.89. The van der Waals surface area contributed by atoms with Crippen LogP contribution in [0.3, 0.4) is 0 Å². The molecule has 1 saturated heterocycles. The molecule has 1 aliphatic rings. The number of ether oxygens (including phenoxy) is 1. The number of anilines is 1. The number of benzene rings is 1. The van der Waals surface area contributed by atoms with E-state index in [1.807, 2.05) is 6.07 Å². The highest BCUT2D eigenvalue weighted by Crippen LogP contribution is 2.16. The van der Waals surface area contributed by atoms with Crippen LogP contribution in [0, 0.1) is 0 Å². The molecule has 1 aromatic carbocycles. The van der Waals surface area contributed by atoms with Crippen molar-refractivity contribution in [3.8, 4) is 5.75 Å². The van der Waals surface area contributed by atoms with Gasteiger partial charge in [0.15, 0.2) is 0 Å². The SMILES string of the molecule is O=C(Nc1cncc(C(=O)N2CCC2)c1)Oc1ccccc1. The third-order valence-corrected chi connectivity index (χ3v) is 3.33. The zero-order chi connectivity index (χ0) is 15.4. The largest absolute Gasteiger partial charge is 0.417 e. The first-order chi connectivity index (χ1) is 10.7. The number of hydrogen-bond donors (Lipinski definition) is 1. The first-order valence-corrected chi connectivity index (χ1v) is 7.00. The zero-order valence-electron chi connectivity index (χ0n) is 11.9. The fraction of sp³-hybridized carbons (Fsp3) is 0.188. The first kappa shape index (κ1) is 14.1. The van der Waals surface area contributed by atoms with Crippen LogP contribution in [0.1, 0.15) is 16.8 Å². The van der Waals surface area contributed by atoms with Gasteiger partial charge in [-0.1, -0.05) is 18.2 Å². The number of para-hydroxylation sites is 1. The molecule has 1 aromatic heterocycles. The molecule has 6 heteroatoms. The Morgan fingerprint density at radius 1 is 1.14 bits per heavy atom. The maximum Gasteiger partial charge on any atom is 0.417 e. The Kier molecular flexibility index (Phi) is 4.00. The molecule has 2 aromatic rings. The van der Waals surface area contributed by atoms with Gasteiger partial charge in [0.2, 0.25) is 0 Å². The van der Waals surface area contributed by atoms with Gasteiger partial charge in [0.25, 0.3) is 5.91 Å². The topological polar surface area (TPSA) is 71.5 Å². The highest BCUT2D eigenvalue weighted by atomic mass is 16.6. The second-order valence-electron chi connectivity index (χ2n) is 4.94. The Labute approximate surface area is 127 Å². The molecule has 22 heavy (non-hydrogen) atoms. The summed E-state index contributed by atoms with van der Waals surface area (Å²) in [6, 6.07) is 10.3. The second kappa shape index (κ2) is 6.26. The van der Waals surface area contributed by atoms with Crippen molar-refractivity contribution < 1.29 is 14.3 Å². The van der Waals surface area contributed by atoms with E-state index in [2.05, 4.69) is 10.3 Å². The van der Waals surface area contributed by atoms with Gasteiger partial charge in [-0.25, -0.2) is 4.79 Å². The van der Waals surface area contributed by atoms with Gasteiger partial charge in [-0.2, -0.15) is 0 Å². The molecule has 2 amide bonds. The molecule has 0 saturated carbocycles. The van der Waals surface area contributed by atoms with Gasteiger partial charge < -0.3 is 9.64 Å². The van der Waals surface area contributed by atoms with Crippen molar-refractivity contribution in [2.24, 2.45) is 0 Å². The van der Waals surface area contributed by atoms with Crippen LogP contribution in [-0.2, 0) is 0 Å². The van der Waals surface area contributed by atoms with E-state index in [9.17, 15) is 9.59 Å². The average Bonchev–Trinajstić information content (AvgIpc) is 2.46. The van der Waals surface area contributed by atoms with E-state index in [-0.39, 0.29) is 5.91 Å². The number of pyridine rings is 1. The van der Waals surface area contributed by atoms with Crippen molar-refractivity contribution >= 4 is 17.7 Å². The molecule has 0 spiro atoms. The van der Waals surface area contributed by atoms with Crippen LogP contribution < -0.4 is 10.1 Å². The Bertz CT molecular complexity index is 684. The minimum Gasteiger partial charge on any atom is -0.410 e. The molecule has 2 heterocycles. The lowest BCUT2D eigenvalue weighted by atomic mass is 10.1. The van der Waals surface area contributed by atoms with Crippen molar-refractivity contribution in [1.82, 2.24) is 9.88 Å². The predicted molar refractivity (Wildman–Crippen MR) is 80.8 cm³/mol. The van der Waals surface area contributed by atoms with Gasteiger partial charge in [-0.3, -0.25) is 15.1 Å². The van der Waals surface area contributed by atoms with Gasteiger partial charge >= 0.3 is 6.09 Å². The molecule has 0 unspecified atom stereocenters. The number of likely N-dealkylation sites (tertiary alicyclic amines) is 1. The number of carbonyl (C=O) groups is 2. The van der Waals surface area contributed by atoms with Gasteiger partial charge in [0, 0.05) is 19.3 Å². The van der Waals surface area contributed by atoms with E-state index in [0.717, 1.165) is 19.5 Å². The maximum absolute atomic E-state index is 12.1. The summed E-state index contributed by atoms with van der Waals surface area (Å²) in [4.78, 5) is 29.6. The lowest BCUT2D eigenvalue weighted by Crippen LogP contribution is -2.42. The molecular formula is C16H15N3O3. The summed E-state index contributed by atoms with van der Waals surface area (Å²) in [7, 11) is 0. The zero-order valence-corrected chi connectivity index (χ0v) is 11.9. The molecule has 1 aliphatic heterocycles. The molecule has 0 radical (unpaired) electrons. The number of nitrogens with zero attached hydrogens (tertiary/aromatic N) is 2. The van der Waals surface area contributed by atoms with Gasteiger partial charge in [0.1, 0.15) is 5.75 Å². The van der Waals surface area contributed by atoms with Crippen LogP contribution in [0.4, 0.5) is 10.5 Å². The molecule has 0 atom stereocenters. The number of amides is 2. The molecule has 0 aliphatic carbocycles. The van der Waals surface area contributed by atoms with Crippen LogP contribution in [-0.4, -0.2) is 35.0 Å². The summed E-state index contributed by atoms with van der Waals surface area (Å²) in [5.41, 5.74) is 0.879. The molecular weight excluding hydrogens is 282 g/mol. The predicted octanol–water partition coefficient (Wildman–Crippen LogP) is 2.54. The minimum absolute atomic E-state index is 0.0705. The molecule has 6 nitrogen and oxygen atoms in total. The number of rotatable bonds is 3. The van der Waals surface area contributed by atoms with Crippen molar-refractivity contribution in [3.05, 3.63) is 54.4 Å². The lowest BCUT2D eigenvalue weighted by molar-refractivity contribution is 0.0651. The van der Waals surface area contributed by atoms with Crippen LogP contribution >= 0.6 is 0 Å². The summed E-state index contributed by atoms with van der Waals surface area (Å²) in [5.74, 6) is 0.375. The average molecular weight is 297 g/mol. The number of carbonyl (C=O) groups excluding carboxylic acids is 2. The quantitative estimate of drug-likeness (QED) is 0.945. The fourth-order valence-electron chi connectivity index (χ4n) is 2.07. The minimum atomic E-state index is -0.624. The van der Waals surface area contributed by atoms with E-state index in [1.54, 1.807) is 35.2 Å². The van der Waals surface area contributed by atoms with E-state index < -0.39 is 6.09 Å². The smallest absolute Gasteiger partial charge is 0.410 e. The van der Waals surface area contributed by atoms with Crippen LogP contribution in [0.2, 0.25) is 0 Å². The normalized spacial score (nSPS) is 13.2. The number of nitrogens with one attached hydrogen (secondary N) is 1. The molecule has 1 N–H and O–H groups in total. The first-order valence-electron chi connectivity index (χ1n) is 7.00. The second-order valence-corrected chi connectivity index (χ2v) is 4.94. The Morgan fingerprint density at radius 3 is 2.59 bits per heavy atom. The highest BCUT2D eigenvalue weighted by Gasteiger charge is 2.22. The van der Waals surface area contributed by atoms with E-state index in [0.29, 0.717) is 17.0 Å². The summed E-state index contributed by atoms with van der Waals surface area (Å²) in [6.45, 7) is 1.54. The van der Waals surface area contributed by atoms with Crippen molar-refractivity contribution in [1.29, 1.82) is 0 Å². The van der Waals surface area contributed by atoms with Crippen molar-refractivity contribution in [2.75, 3.05) is 18.4 Å². The maximum atomic E-state index is 12.1. The lowest BCUT2D eigenvalue weighted by Gasteiger charge is -2.30. The van der Waals surface area contributed by atoms with Gasteiger partial charge in [-0.05, 0) is 24.6 Å². The number of hydrogen-bond acceptors (Lipinski definition) is 4. The van der Waals surface area contributed by atoms with Gasteiger partial charge in [-0.15, -0.1) is 0 Å². The third kappa shape index (κ3) is 3.22. The van der Waals surface area contributed by atoms with E-state index >= 15 is 0 Å². The number of aromatic nitrogens is 1. The Balaban J connectivity index is 1.65.